The van der Waals surface area contributed by atoms with Crippen LogP contribution in [0.25, 0.3) is 0 Å². The molecule has 7 heteroatoms. The lowest BCUT2D eigenvalue weighted by atomic mass is 10.1. The summed E-state index contributed by atoms with van der Waals surface area (Å²) in [6.07, 6.45) is 3.93. The van der Waals surface area contributed by atoms with Gasteiger partial charge >= 0.3 is 0 Å². The van der Waals surface area contributed by atoms with Crippen molar-refractivity contribution < 1.29 is 18.6 Å². The molecule has 132 valence electrons. The van der Waals surface area contributed by atoms with Crippen LogP contribution in [0.1, 0.15) is 6.92 Å². The average molecular weight is 359 g/mol. The Morgan fingerprint density at radius 1 is 1.46 bits per heavy atom. The van der Waals surface area contributed by atoms with E-state index >= 15 is 0 Å². The molecule has 1 fully saturated rings. The molecule has 0 amide bonds. The van der Waals surface area contributed by atoms with E-state index in [-0.39, 0.29) is 17.3 Å². The number of hydrogen-bond acceptors (Lipinski definition) is 4. The third-order valence-corrected chi connectivity index (χ3v) is 4.14. The first kappa shape index (κ1) is 18.7. The van der Waals surface area contributed by atoms with Crippen molar-refractivity contribution >= 4 is 11.6 Å². The van der Waals surface area contributed by atoms with E-state index in [2.05, 4.69) is 6.58 Å². The fraction of sp³-hybridized carbons (Fsp3) is 0.412. The van der Waals surface area contributed by atoms with E-state index < -0.39 is 17.9 Å². The molecule has 0 bridgehead atoms. The SMILES string of the molecule is C=C/C=C\C(F)=C(/F)C1=C(N2CCOCC2)C=C(Cl)C(O)N1CC. The lowest BCUT2D eigenvalue weighted by Crippen LogP contribution is -2.43. The van der Waals surface area contributed by atoms with Gasteiger partial charge in [-0.3, -0.25) is 0 Å². The monoisotopic (exact) mass is 358 g/mol. The third-order valence-electron chi connectivity index (χ3n) is 3.84. The summed E-state index contributed by atoms with van der Waals surface area (Å²) in [5.41, 5.74) is 0.428. The molecule has 2 aliphatic heterocycles. The predicted molar refractivity (Wildman–Crippen MR) is 90.3 cm³/mol. The second-order valence-corrected chi connectivity index (χ2v) is 5.72. The van der Waals surface area contributed by atoms with Gasteiger partial charge in [0.2, 0.25) is 0 Å². The fourth-order valence-electron chi connectivity index (χ4n) is 2.65. The Kier molecular flexibility index (Phi) is 6.60. The van der Waals surface area contributed by atoms with E-state index in [4.69, 9.17) is 16.3 Å². The third kappa shape index (κ3) is 3.88. The van der Waals surface area contributed by atoms with Gasteiger partial charge in [0.25, 0.3) is 0 Å². The number of halogens is 3. The fourth-order valence-corrected chi connectivity index (χ4v) is 2.87. The number of likely N-dealkylation sites (N-methyl/N-ethyl adjacent to an activating group) is 1. The van der Waals surface area contributed by atoms with Gasteiger partial charge in [-0.25, -0.2) is 8.78 Å². The second-order valence-electron chi connectivity index (χ2n) is 5.28. The highest BCUT2D eigenvalue weighted by Crippen LogP contribution is 2.35. The Morgan fingerprint density at radius 3 is 2.71 bits per heavy atom. The largest absolute Gasteiger partial charge is 0.378 e. The van der Waals surface area contributed by atoms with E-state index in [1.165, 1.54) is 23.1 Å². The van der Waals surface area contributed by atoms with Gasteiger partial charge in [-0.15, -0.1) is 0 Å². The van der Waals surface area contributed by atoms with E-state index in [0.29, 0.717) is 32.0 Å². The molecule has 0 aliphatic carbocycles. The highest BCUT2D eigenvalue weighted by Gasteiger charge is 2.33. The van der Waals surface area contributed by atoms with Gasteiger partial charge < -0.3 is 19.6 Å². The van der Waals surface area contributed by atoms with Crippen LogP contribution in [0.5, 0.6) is 0 Å². The molecule has 24 heavy (non-hydrogen) atoms. The minimum Gasteiger partial charge on any atom is -0.378 e. The Morgan fingerprint density at radius 2 is 2.12 bits per heavy atom. The summed E-state index contributed by atoms with van der Waals surface area (Å²) < 4.78 is 34.3. The van der Waals surface area contributed by atoms with Crippen molar-refractivity contribution in [2.24, 2.45) is 0 Å². The molecule has 4 nitrogen and oxygen atoms in total. The highest BCUT2D eigenvalue weighted by molar-refractivity contribution is 6.30. The van der Waals surface area contributed by atoms with Gasteiger partial charge in [0.05, 0.1) is 23.9 Å². The van der Waals surface area contributed by atoms with E-state index in [1.54, 1.807) is 6.92 Å². The zero-order chi connectivity index (χ0) is 17.7. The second kappa shape index (κ2) is 8.46. The standard InChI is InChI=1S/C17H21ClF2N2O2/c1-3-5-6-13(19)15(20)16-14(21-7-9-24-10-8-21)11-12(18)17(23)22(16)4-2/h3,5-6,11,17,23H,1,4,7-10H2,2H3/b6-5-,15-13+. The van der Waals surface area contributed by atoms with Gasteiger partial charge in [0.15, 0.2) is 17.9 Å². The Bertz CT molecular complexity index is 608. The lowest BCUT2D eigenvalue weighted by Gasteiger charge is -2.39. The average Bonchev–Trinajstić information content (AvgIpc) is 2.61. The predicted octanol–water partition coefficient (Wildman–Crippen LogP) is 3.20. The van der Waals surface area contributed by atoms with Crippen molar-refractivity contribution in [3.63, 3.8) is 0 Å². The van der Waals surface area contributed by atoms with Crippen molar-refractivity contribution in [3.8, 4) is 0 Å². The Labute approximate surface area is 145 Å². The molecule has 1 N–H and O–H groups in total. The number of rotatable bonds is 5. The van der Waals surface area contributed by atoms with Crippen molar-refractivity contribution in [1.29, 1.82) is 0 Å². The van der Waals surface area contributed by atoms with Crippen LogP contribution in [-0.4, -0.2) is 54.0 Å². The molecular weight excluding hydrogens is 338 g/mol. The molecule has 2 aliphatic rings. The summed E-state index contributed by atoms with van der Waals surface area (Å²) in [6.45, 7) is 7.48. The smallest absolute Gasteiger partial charge is 0.184 e. The van der Waals surface area contributed by atoms with Gasteiger partial charge in [0, 0.05) is 19.6 Å². The molecule has 0 aromatic carbocycles. The first-order valence-electron chi connectivity index (χ1n) is 7.74. The Hall–Kier alpha value is -1.63. The van der Waals surface area contributed by atoms with Gasteiger partial charge in [-0.2, -0.15) is 0 Å². The van der Waals surface area contributed by atoms with E-state index in [0.717, 1.165) is 6.08 Å². The number of morpholine rings is 1. The van der Waals surface area contributed by atoms with Crippen molar-refractivity contribution in [1.82, 2.24) is 9.80 Å². The first-order chi connectivity index (χ1) is 11.5. The van der Waals surface area contributed by atoms with Crippen LogP contribution in [0.2, 0.25) is 0 Å². The number of allylic oxidation sites excluding steroid dienone is 6. The number of ether oxygens (including phenoxy) is 1. The van der Waals surface area contributed by atoms with Crippen LogP contribution in [-0.2, 0) is 4.74 Å². The van der Waals surface area contributed by atoms with Gasteiger partial charge in [0.1, 0.15) is 5.70 Å². The maximum atomic E-state index is 14.8. The zero-order valence-corrected chi connectivity index (χ0v) is 14.3. The summed E-state index contributed by atoms with van der Waals surface area (Å²) in [5.74, 6) is -2.08. The minimum absolute atomic E-state index is 0.0116. The maximum absolute atomic E-state index is 14.8. The normalized spacial score (nSPS) is 23.5. The number of aliphatic hydroxyl groups excluding tert-OH is 1. The zero-order valence-electron chi connectivity index (χ0n) is 13.5. The molecule has 0 spiro atoms. The van der Waals surface area contributed by atoms with Crippen molar-refractivity contribution in [2.45, 2.75) is 13.2 Å². The van der Waals surface area contributed by atoms with Crippen LogP contribution >= 0.6 is 11.6 Å². The minimum atomic E-state index is -1.21. The molecule has 2 rings (SSSR count). The Balaban J connectivity index is 2.57. The summed E-state index contributed by atoms with van der Waals surface area (Å²) >= 11 is 6.11. The molecule has 0 radical (unpaired) electrons. The first-order valence-corrected chi connectivity index (χ1v) is 8.12. The highest BCUT2D eigenvalue weighted by atomic mass is 35.5. The van der Waals surface area contributed by atoms with Crippen LogP contribution in [0, 0.1) is 0 Å². The van der Waals surface area contributed by atoms with E-state index in [1.807, 2.05) is 4.90 Å². The van der Waals surface area contributed by atoms with Crippen molar-refractivity contribution in [3.05, 3.63) is 59.0 Å². The number of nitrogens with zero attached hydrogens (tertiary/aromatic N) is 2. The number of aliphatic hydroxyl groups is 1. The summed E-state index contributed by atoms with van der Waals surface area (Å²) in [6, 6.07) is 0. The summed E-state index contributed by atoms with van der Waals surface area (Å²) in [5, 5.41) is 10.4. The molecule has 0 aromatic rings. The summed E-state index contributed by atoms with van der Waals surface area (Å²) in [7, 11) is 0. The van der Waals surface area contributed by atoms with Crippen LogP contribution in [0.3, 0.4) is 0 Å². The van der Waals surface area contributed by atoms with Gasteiger partial charge in [-0.1, -0.05) is 30.3 Å². The molecule has 1 atom stereocenters. The van der Waals surface area contributed by atoms with Gasteiger partial charge in [-0.05, 0) is 19.1 Å². The quantitative estimate of drug-likeness (QED) is 0.766. The van der Waals surface area contributed by atoms with Crippen molar-refractivity contribution in [2.75, 3.05) is 32.8 Å². The van der Waals surface area contributed by atoms with Crippen LogP contribution < -0.4 is 0 Å². The molecular formula is C17H21ClF2N2O2. The maximum Gasteiger partial charge on any atom is 0.184 e. The molecule has 0 aromatic heterocycles. The molecule has 2 heterocycles. The van der Waals surface area contributed by atoms with Crippen LogP contribution in [0.15, 0.2) is 59.0 Å². The molecule has 1 saturated heterocycles. The van der Waals surface area contributed by atoms with Crippen LogP contribution in [0.4, 0.5) is 8.78 Å². The summed E-state index contributed by atoms with van der Waals surface area (Å²) in [4.78, 5) is 3.21. The number of hydrogen-bond donors (Lipinski definition) is 1. The molecule has 1 unspecified atom stereocenters. The topological polar surface area (TPSA) is 35.9 Å². The molecule has 0 saturated carbocycles. The lowest BCUT2D eigenvalue weighted by molar-refractivity contribution is 0.0412. The van der Waals surface area contributed by atoms with E-state index in [9.17, 15) is 13.9 Å².